The predicted octanol–water partition coefficient (Wildman–Crippen LogP) is 5.55. The Hall–Kier alpha value is -0.700. The van der Waals surface area contributed by atoms with Gasteiger partial charge in [-0.1, -0.05) is 41.5 Å². The monoisotopic (exact) mass is 306 g/mol. The first-order valence-corrected chi connectivity index (χ1v) is 6.97. The number of aromatic hydroxyl groups is 1. The van der Waals surface area contributed by atoms with E-state index in [1.54, 1.807) is 19.2 Å². The Balaban J connectivity index is -0.000000285. The highest BCUT2D eigenvalue weighted by Gasteiger charge is 2.03. The minimum absolute atomic E-state index is 0.276. The lowest BCUT2D eigenvalue weighted by molar-refractivity contribution is 0.408. The summed E-state index contributed by atoms with van der Waals surface area (Å²) >= 11 is 3.26. The summed E-state index contributed by atoms with van der Waals surface area (Å²) in [6.07, 6.45) is 0. The topological polar surface area (TPSA) is 29.5 Å². The van der Waals surface area contributed by atoms with E-state index in [0.717, 1.165) is 15.8 Å². The van der Waals surface area contributed by atoms with Crippen LogP contribution in [0.3, 0.4) is 0 Å². The Morgan fingerprint density at radius 3 is 1.76 bits per heavy atom. The van der Waals surface area contributed by atoms with E-state index in [1.807, 2.05) is 48.5 Å². The van der Waals surface area contributed by atoms with E-state index in [2.05, 4.69) is 15.9 Å². The van der Waals surface area contributed by atoms with Crippen molar-refractivity contribution in [3.05, 3.63) is 22.2 Å². The minimum atomic E-state index is 0.276. The molecule has 102 valence electrons. The smallest absolute Gasteiger partial charge is 0.133 e. The van der Waals surface area contributed by atoms with Gasteiger partial charge in [0.1, 0.15) is 11.5 Å². The molecule has 17 heavy (non-hydrogen) atoms. The standard InChI is InChI=1S/C8H9BrO2.3C2H6/c1-5-3-8(11-2)6(9)4-7(5)10;3*1-2/h3-4,10H,1-2H3;3*1-2H3. The van der Waals surface area contributed by atoms with Crippen molar-refractivity contribution in [1.82, 2.24) is 0 Å². The zero-order chi connectivity index (χ0) is 14.4. The number of benzene rings is 1. The molecule has 0 aliphatic rings. The lowest BCUT2D eigenvalue weighted by atomic mass is 10.2. The van der Waals surface area contributed by atoms with Crippen molar-refractivity contribution in [3.63, 3.8) is 0 Å². The molecule has 3 heteroatoms. The Kier molecular flexibility index (Phi) is 19.4. The normalized spacial score (nSPS) is 7.35. The van der Waals surface area contributed by atoms with Crippen molar-refractivity contribution < 1.29 is 9.84 Å². The van der Waals surface area contributed by atoms with E-state index < -0.39 is 0 Å². The second-order valence-electron chi connectivity index (χ2n) is 2.27. The maximum atomic E-state index is 9.23. The van der Waals surface area contributed by atoms with Crippen LogP contribution in [0, 0.1) is 6.92 Å². The molecule has 0 aliphatic carbocycles. The van der Waals surface area contributed by atoms with Crippen molar-refractivity contribution >= 4 is 15.9 Å². The summed E-state index contributed by atoms with van der Waals surface area (Å²) in [7, 11) is 1.59. The molecule has 0 aliphatic heterocycles. The molecule has 0 bridgehead atoms. The van der Waals surface area contributed by atoms with E-state index in [0.29, 0.717) is 0 Å². The highest BCUT2D eigenvalue weighted by Crippen LogP contribution is 2.31. The number of phenolic OH excluding ortho intramolecular Hbond substituents is 1. The first kappa shape index (κ1) is 21.6. The third kappa shape index (κ3) is 9.04. The molecule has 0 radical (unpaired) electrons. The van der Waals surface area contributed by atoms with Crippen LogP contribution in [0.5, 0.6) is 11.5 Å². The van der Waals surface area contributed by atoms with E-state index in [1.165, 1.54) is 0 Å². The average Bonchev–Trinajstić information content (AvgIpc) is 2.41. The molecular formula is C14H27BrO2. The minimum Gasteiger partial charge on any atom is -0.508 e. The highest BCUT2D eigenvalue weighted by atomic mass is 79.9. The molecule has 0 unspecified atom stereocenters. The van der Waals surface area contributed by atoms with Gasteiger partial charge in [0.25, 0.3) is 0 Å². The molecule has 0 atom stereocenters. The van der Waals surface area contributed by atoms with E-state index in [4.69, 9.17) is 4.74 Å². The first-order chi connectivity index (χ1) is 8.15. The van der Waals surface area contributed by atoms with Crippen molar-refractivity contribution in [1.29, 1.82) is 0 Å². The number of rotatable bonds is 1. The second-order valence-corrected chi connectivity index (χ2v) is 3.13. The van der Waals surface area contributed by atoms with Crippen LogP contribution in [-0.4, -0.2) is 12.2 Å². The number of ether oxygens (including phenoxy) is 1. The van der Waals surface area contributed by atoms with Gasteiger partial charge in [-0.15, -0.1) is 0 Å². The maximum Gasteiger partial charge on any atom is 0.133 e. The maximum absolute atomic E-state index is 9.23. The zero-order valence-corrected chi connectivity index (χ0v) is 14.0. The van der Waals surface area contributed by atoms with Crippen molar-refractivity contribution in [3.8, 4) is 11.5 Å². The van der Waals surface area contributed by atoms with Crippen LogP contribution in [0.15, 0.2) is 16.6 Å². The summed E-state index contributed by atoms with van der Waals surface area (Å²) in [6.45, 7) is 13.8. The van der Waals surface area contributed by atoms with Crippen molar-refractivity contribution in [2.24, 2.45) is 0 Å². The summed E-state index contributed by atoms with van der Waals surface area (Å²) in [6, 6.07) is 3.40. The van der Waals surface area contributed by atoms with Gasteiger partial charge < -0.3 is 9.84 Å². The number of aryl methyl sites for hydroxylation is 1. The third-order valence-corrected chi connectivity index (χ3v) is 2.09. The van der Waals surface area contributed by atoms with Crippen LogP contribution in [0.2, 0.25) is 0 Å². The zero-order valence-electron chi connectivity index (χ0n) is 12.4. The summed E-state index contributed by atoms with van der Waals surface area (Å²) < 4.78 is 5.79. The fourth-order valence-electron chi connectivity index (χ4n) is 0.801. The van der Waals surface area contributed by atoms with Crippen LogP contribution < -0.4 is 4.74 Å². The summed E-state index contributed by atoms with van der Waals surface area (Å²) in [5.74, 6) is 1.01. The molecule has 1 rings (SSSR count). The van der Waals surface area contributed by atoms with Gasteiger partial charge >= 0.3 is 0 Å². The molecule has 2 nitrogen and oxygen atoms in total. The first-order valence-electron chi connectivity index (χ1n) is 6.18. The Labute approximate surface area is 115 Å². The molecule has 0 saturated carbocycles. The fraction of sp³-hybridized carbons (Fsp3) is 0.571. The molecule has 0 spiro atoms. The second kappa shape index (κ2) is 15.3. The molecule has 1 aromatic carbocycles. The number of halogens is 1. The summed E-state index contributed by atoms with van der Waals surface area (Å²) in [5.41, 5.74) is 0.810. The average molecular weight is 307 g/mol. The van der Waals surface area contributed by atoms with Crippen LogP contribution in [-0.2, 0) is 0 Å². The Morgan fingerprint density at radius 1 is 1.00 bits per heavy atom. The van der Waals surface area contributed by atoms with E-state index in [9.17, 15) is 5.11 Å². The number of hydrogen-bond acceptors (Lipinski definition) is 2. The number of phenols is 1. The van der Waals surface area contributed by atoms with Crippen molar-refractivity contribution in [2.45, 2.75) is 48.5 Å². The highest BCUT2D eigenvalue weighted by molar-refractivity contribution is 9.10. The quantitative estimate of drug-likeness (QED) is 0.737. The van der Waals surface area contributed by atoms with Gasteiger partial charge in [-0.3, -0.25) is 0 Å². The van der Waals surface area contributed by atoms with Gasteiger partial charge in [0.05, 0.1) is 11.6 Å². The van der Waals surface area contributed by atoms with Crippen molar-refractivity contribution in [2.75, 3.05) is 7.11 Å². The van der Waals surface area contributed by atoms with Gasteiger partial charge in [0.2, 0.25) is 0 Å². The molecule has 1 aromatic rings. The van der Waals surface area contributed by atoms with E-state index >= 15 is 0 Å². The van der Waals surface area contributed by atoms with Crippen LogP contribution in [0.1, 0.15) is 47.1 Å². The van der Waals surface area contributed by atoms with Gasteiger partial charge in [-0.05, 0) is 40.5 Å². The lowest BCUT2D eigenvalue weighted by Crippen LogP contribution is -1.85. The largest absolute Gasteiger partial charge is 0.508 e. The molecule has 1 N–H and O–H groups in total. The van der Waals surface area contributed by atoms with Gasteiger partial charge in [0.15, 0.2) is 0 Å². The third-order valence-electron chi connectivity index (χ3n) is 1.47. The molecule has 0 amide bonds. The SMILES string of the molecule is CC.CC.CC.COc1cc(C)c(O)cc1Br. The van der Waals surface area contributed by atoms with Gasteiger partial charge in [-0.25, -0.2) is 0 Å². The predicted molar refractivity (Wildman–Crippen MR) is 81.1 cm³/mol. The lowest BCUT2D eigenvalue weighted by Gasteiger charge is -2.05. The van der Waals surface area contributed by atoms with Crippen LogP contribution in [0.25, 0.3) is 0 Å². The molecule has 0 fully saturated rings. The Morgan fingerprint density at radius 2 is 1.41 bits per heavy atom. The van der Waals surface area contributed by atoms with E-state index in [-0.39, 0.29) is 5.75 Å². The molecule has 0 heterocycles. The van der Waals surface area contributed by atoms with Crippen LogP contribution in [0.4, 0.5) is 0 Å². The summed E-state index contributed by atoms with van der Waals surface area (Å²) in [4.78, 5) is 0. The number of methoxy groups -OCH3 is 1. The van der Waals surface area contributed by atoms with Gasteiger partial charge in [0, 0.05) is 0 Å². The molecular weight excluding hydrogens is 280 g/mol. The summed E-state index contributed by atoms with van der Waals surface area (Å²) in [5, 5.41) is 9.23. The molecule has 0 saturated heterocycles. The fourth-order valence-corrected chi connectivity index (χ4v) is 1.29. The molecule has 0 aromatic heterocycles. The van der Waals surface area contributed by atoms with Gasteiger partial charge in [-0.2, -0.15) is 0 Å². The Bertz CT molecular complexity index is 273. The number of hydrogen-bond donors (Lipinski definition) is 1. The van der Waals surface area contributed by atoms with Crippen LogP contribution >= 0.6 is 15.9 Å².